The van der Waals surface area contributed by atoms with Crippen LogP contribution in [0.2, 0.25) is 0 Å². The van der Waals surface area contributed by atoms with E-state index >= 15 is 0 Å². The molecule has 1 N–H and O–H groups in total. The van der Waals surface area contributed by atoms with Crippen LogP contribution in [0.4, 0.5) is 0 Å². The van der Waals surface area contributed by atoms with E-state index in [2.05, 4.69) is 19.2 Å². The highest BCUT2D eigenvalue weighted by Crippen LogP contribution is 2.22. The summed E-state index contributed by atoms with van der Waals surface area (Å²) in [5.41, 5.74) is 0. The minimum atomic E-state index is -3.30. The molecular formula is C14H31N3O2S. The Balaban J connectivity index is 2.66. The van der Waals surface area contributed by atoms with E-state index in [1.54, 1.807) is 15.7 Å². The Hall–Kier alpha value is -0.170. The molecule has 120 valence electrons. The van der Waals surface area contributed by atoms with E-state index in [1.807, 2.05) is 6.92 Å². The number of rotatable bonds is 8. The van der Waals surface area contributed by atoms with Gasteiger partial charge in [0.05, 0.1) is 0 Å². The van der Waals surface area contributed by atoms with Gasteiger partial charge in [0.25, 0.3) is 10.2 Å². The summed E-state index contributed by atoms with van der Waals surface area (Å²) in [6.07, 6.45) is 3.99. The lowest BCUT2D eigenvalue weighted by Gasteiger charge is -2.36. The number of nitrogens with one attached hydrogen (secondary N) is 1. The summed E-state index contributed by atoms with van der Waals surface area (Å²) >= 11 is 0. The highest BCUT2D eigenvalue weighted by molar-refractivity contribution is 7.86. The maximum atomic E-state index is 12.7. The molecule has 20 heavy (non-hydrogen) atoms. The lowest BCUT2D eigenvalue weighted by Crippen LogP contribution is -2.50. The first-order chi connectivity index (χ1) is 9.43. The highest BCUT2D eigenvalue weighted by Gasteiger charge is 2.33. The average Bonchev–Trinajstić information content (AvgIpc) is 2.44. The van der Waals surface area contributed by atoms with Gasteiger partial charge in [0, 0.05) is 26.2 Å². The van der Waals surface area contributed by atoms with Crippen molar-refractivity contribution >= 4 is 10.2 Å². The van der Waals surface area contributed by atoms with Crippen molar-refractivity contribution in [1.29, 1.82) is 0 Å². The van der Waals surface area contributed by atoms with Crippen LogP contribution in [0.3, 0.4) is 0 Å². The Labute approximate surface area is 124 Å². The summed E-state index contributed by atoms with van der Waals surface area (Å²) in [6.45, 7) is 9.32. The third kappa shape index (κ3) is 4.69. The zero-order chi connectivity index (χ0) is 15.2. The van der Waals surface area contributed by atoms with Crippen LogP contribution < -0.4 is 5.32 Å². The van der Waals surface area contributed by atoms with Gasteiger partial charge in [-0.05, 0) is 45.2 Å². The maximum absolute atomic E-state index is 12.7. The van der Waals surface area contributed by atoms with Crippen LogP contribution in [0, 0.1) is 5.92 Å². The third-order valence-corrected chi connectivity index (χ3v) is 6.25. The van der Waals surface area contributed by atoms with Gasteiger partial charge < -0.3 is 5.32 Å². The Kier molecular flexibility index (Phi) is 7.43. The molecular weight excluding hydrogens is 274 g/mol. The van der Waals surface area contributed by atoms with Crippen LogP contribution in [0.1, 0.15) is 46.5 Å². The largest absolute Gasteiger partial charge is 0.317 e. The lowest BCUT2D eigenvalue weighted by atomic mass is 10.00. The fraction of sp³-hybridized carbons (Fsp3) is 1.00. The monoisotopic (exact) mass is 305 g/mol. The second kappa shape index (κ2) is 8.32. The van der Waals surface area contributed by atoms with E-state index in [4.69, 9.17) is 0 Å². The van der Waals surface area contributed by atoms with Crippen molar-refractivity contribution in [2.24, 2.45) is 5.92 Å². The van der Waals surface area contributed by atoms with Gasteiger partial charge in [0.2, 0.25) is 0 Å². The molecule has 0 spiro atoms. The smallest absolute Gasteiger partial charge is 0.281 e. The number of hydrogen-bond acceptors (Lipinski definition) is 3. The summed E-state index contributed by atoms with van der Waals surface area (Å²) in [7, 11) is -1.59. The highest BCUT2D eigenvalue weighted by atomic mass is 32.2. The van der Waals surface area contributed by atoms with Gasteiger partial charge in [0.1, 0.15) is 0 Å². The summed E-state index contributed by atoms with van der Waals surface area (Å²) in [5.74, 6) is 0.438. The van der Waals surface area contributed by atoms with Gasteiger partial charge in [-0.2, -0.15) is 17.0 Å². The predicted molar refractivity (Wildman–Crippen MR) is 83.9 cm³/mol. The fourth-order valence-corrected chi connectivity index (χ4v) is 4.44. The molecule has 0 bridgehead atoms. The molecule has 0 saturated carbocycles. The Morgan fingerprint density at radius 3 is 2.70 bits per heavy atom. The second-order valence-electron chi connectivity index (χ2n) is 5.84. The van der Waals surface area contributed by atoms with Gasteiger partial charge in [0.15, 0.2) is 0 Å². The van der Waals surface area contributed by atoms with E-state index in [1.165, 1.54) is 0 Å². The van der Waals surface area contributed by atoms with Gasteiger partial charge in [-0.25, -0.2) is 0 Å². The molecule has 0 radical (unpaired) electrons. The van der Waals surface area contributed by atoms with Gasteiger partial charge >= 0.3 is 0 Å². The van der Waals surface area contributed by atoms with Crippen LogP contribution in [0.5, 0.6) is 0 Å². The zero-order valence-corrected chi connectivity index (χ0v) is 14.2. The summed E-state index contributed by atoms with van der Waals surface area (Å²) in [4.78, 5) is 0. The van der Waals surface area contributed by atoms with Crippen molar-refractivity contribution in [1.82, 2.24) is 13.9 Å². The predicted octanol–water partition coefficient (Wildman–Crippen LogP) is 1.67. The van der Waals surface area contributed by atoms with E-state index in [0.717, 1.165) is 38.8 Å². The molecule has 1 saturated heterocycles. The molecule has 5 nitrogen and oxygen atoms in total. The lowest BCUT2D eigenvalue weighted by molar-refractivity contribution is 0.238. The third-order valence-electron chi connectivity index (χ3n) is 4.18. The molecule has 6 heteroatoms. The van der Waals surface area contributed by atoms with Crippen LogP contribution in [0.25, 0.3) is 0 Å². The van der Waals surface area contributed by atoms with Crippen LogP contribution in [0.15, 0.2) is 0 Å². The molecule has 0 amide bonds. The van der Waals surface area contributed by atoms with Gasteiger partial charge in [-0.15, -0.1) is 0 Å². The molecule has 2 unspecified atom stereocenters. The van der Waals surface area contributed by atoms with Crippen molar-refractivity contribution in [3.63, 3.8) is 0 Å². The molecule has 1 fully saturated rings. The number of piperidine rings is 1. The quantitative estimate of drug-likeness (QED) is 0.742. The molecule has 0 aliphatic carbocycles. The van der Waals surface area contributed by atoms with Crippen LogP contribution >= 0.6 is 0 Å². The van der Waals surface area contributed by atoms with E-state index in [-0.39, 0.29) is 6.04 Å². The standard InChI is InChI=1S/C14H31N3O2S/c1-5-8-13(3)16(4)20(18,19)17-10-7-9-14(12-17)11-15-6-2/h13-15H,5-12H2,1-4H3. The van der Waals surface area contributed by atoms with Crippen LogP contribution in [-0.2, 0) is 10.2 Å². The normalized spacial score (nSPS) is 23.1. The molecule has 0 aromatic heterocycles. The minimum absolute atomic E-state index is 0.0687. The summed E-state index contributed by atoms with van der Waals surface area (Å²) in [5, 5.41) is 3.33. The van der Waals surface area contributed by atoms with Crippen molar-refractivity contribution in [2.75, 3.05) is 33.2 Å². The Bertz CT molecular complexity index is 373. The first-order valence-electron chi connectivity index (χ1n) is 7.87. The van der Waals surface area contributed by atoms with E-state index in [9.17, 15) is 8.42 Å². The first-order valence-corrected chi connectivity index (χ1v) is 9.26. The average molecular weight is 305 g/mol. The molecule has 0 aromatic rings. The van der Waals surface area contributed by atoms with Crippen molar-refractivity contribution < 1.29 is 8.42 Å². The second-order valence-corrected chi connectivity index (χ2v) is 7.82. The van der Waals surface area contributed by atoms with E-state index < -0.39 is 10.2 Å². The molecule has 1 rings (SSSR count). The molecule has 2 atom stereocenters. The first kappa shape index (κ1) is 17.9. The molecule has 1 aliphatic rings. The van der Waals surface area contributed by atoms with Gasteiger partial charge in [-0.1, -0.05) is 20.3 Å². The molecule has 1 aliphatic heterocycles. The minimum Gasteiger partial charge on any atom is -0.317 e. The maximum Gasteiger partial charge on any atom is 0.281 e. The molecule has 0 aromatic carbocycles. The van der Waals surface area contributed by atoms with E-state index in [0.29, 0.717) is 19.0 Å². The topological polar surface area (TPSA) is 52.7 Å². The summed E-state index contributed by atoms with van der Waals surface area (Å²) in [6, 6.07) is 0.0687. The SMILES string of the molecule is CCCC(C)N(C)S(=O)(=O)N1CCCC(CNCC)C1. The Morgan fingerprint density at radius 2 is 2.10 bits per heavy atom. The fourth-order valence-electron chi connectivity index (χ4n) is 2.76. The summed E-state index contributed by atoms with van der Waals surface area (Å²) < 4.78 is 28.5. The van der Waals surface area contributed by atoms with Gasteiger partial charge in [-0.3, -0.25) is 0 Å². The van der Waals surface area contributed by atoms with Crippen molar-refractivity contribution in [3.8, 4) is 0 Å². The number of hydrogen-bond donors (Lipinski definition) is 1. The molecule has 1 heterocycles. The van der Waals surface area contributed by atoms with Crippen molar-refractivity contribution in [2.45, 2.75) is 52.5 Å². The van der Waals surface area contributed by atoms with Crippen molar-refractivity contribution in [3.05, 3.63) is 0 Å². The number of nitrogens with zero attached hydrogens (tertiary/aromatic N) is 2. The van der Waals surface area contributed by atoms with Crippen LogP contribution in [-0.4, -0.2) is 56.3 Å². The zero-order valence-electron chi connectivity index (χ0n) is 13.4. The Morgan fingerprint density at radius 1 is 1.40 bits per heavy atom.